The monoisotopic (exact) mass is 338 g/mol. The van der Waals surface area contributed by atoms with Gasteiger partial charge in [-0.05, 0) is 44.7 Å². The number of carbonyl (C=O) groups is 2. The lowest BCUT2D eigenvalue weighted by molar-refractivity contribution is -0.134. The first kappa shape index (κ1) is 17.6. The van der Waals surface area contributed by atoms with Gasteiger partial charge >= 0.3 is 0 Å². The molecule has 1 aromatic rings. The molecule has 1 aliphatic carbocycles. The maximum Gasteiger partial charge on any atom is 0.240 e. The highest BCUT2D eigenvalue weighted by molar-refractivity contribution is 6.31. The van der Waals surface area contributed by atoms with Crippen molar-refractivity contribution in [2.24, 2.45) is 5.41 Å². The second-order valence-corrected chi connectivity index (χ2v) is 6.53. The highest BCUT2D eigenvalue weighted by Gasteiger charge is 2.56. The summed E-state index contributed by atoms with van der Waals surface area (Å²) in [5, 5.41) is 6.28. The van der Waals surface area contributed by atoms with E-state index in [1.807, 2.05) is 20.8 Å². The highest BCUT2D eigenvalue weighted by Crippen LogP contribution is 2.47. The van der Waals surface area contributed by atoms with Gasteiger partial charge in [-0.2, -0.15) is 0 Å². The van der Waals surface area contributed by atoms with Gasteiger partial charge in [-0.3, -0.25) is 9.59 Å². The average Bonchev–Trinajstić information content (AvgIpc) is 3.32. The van der Waals surface area contributed by atoms with E-state index >= 15 is 0 Å². The van der Waals surface area contributed by atoms with Crippen LogP contribution < -0.4 is 15.4 Å². The Hall–Kier alpha value is -1.75. The maximum atomic E-state index is 12.6. The average molecular weight is 339 g/mol. The van der Waals surface area contributed by atoms with Crippen LogP contribution in [0.3, 0.4) is 0 Å². The molecule has 1 aliphatic rings. The summed E-state index contributed by atoms with van der Waals surface area (Å²) in [6.07, 6.45) is 1.96. The van der Waals surface area contributed by atoms with Crippen molar-refractivity contribution in [2.75, 3.05) is 12.4 Å². The van der Waals surface area contributed by atoms with Crippen molar-refractivity contribution in [3.8, 4) is 5.75 Å². The molecule has 0 radical (unpaired) electrons. The highest BCUT2D eigenvalue weighted by atomic mass is 35.5. The van der Waals surface area contributed by atoms with E-state index in [9.17, 15) is 9.59 Å². The molecule has 1 saturated carbocycles. The molecule has 1 atom stereocenters. The third-order valence-electron chi connectivity index (χ3n) is 4.34. The molecule has 0 saturated heterocycles. The molecule has 1 unspecified atom stereocenters. The Bertz CT molecular complexity index is 627. The van der Waals surface area contributed by atoms with Gasteiger partial charge in [0.25, 0.3) is 0 Å². The van der Waals surface area contributed by atoms with Crippen LogP contribution in [0.1, 0.15) is 38.7 Å². The van der Waals surface area contributed by atoms with Gasteiger partial charge in [0.05, 0.1) is 12.8 Å². The van der Waals surface area contributed by atoms with E-state index in [4.69, 9.17) is 16.3 Å². The van der Waals surface area contributed by atoms with Crippen LogP contribution in [0, 0.1) is 12.3 Å². The zero-order valence-corrected chi connectivity index (χ0v) is 14.7. The van der Waals surface area contributed by atoms with Gasteiger partial charge in [-0.25, -0.2) is 0 Å². The molecule has 0 aromatic heterocycles. The first-order valence-electron chi connectivity index (χ1n) is 7.80. The van der Waals surface area contributed by atoms with Crippen molar-refractivity contribution in [2.45, 2.75) is 46.1 Å². The fourth-order valence-corrected chi connectivity index (χ4v) is 2.47. The van der Waals surface area contributed by atoms with E-state index < -0.39 is 5.41 Å². The summed E-state index contributed by atoms with van der Waals surface area (Å²) >= 11 is 6.07. The number of ether oxygens (including phenoxy) is 1. The second kappa shape index (κ2) is 6.79. The number of aryl methyl sites for hydroxylation is 1. The molecule has 6 heteroatoms. The van der Waals surface area contributed by atoms with Gasteiger partial charge < -0.3 is 15.4 Å². The number of methoxy groups -OCH3 is 1. The lowest BCUT2D eigenvalue weighted by Gasteiger charge is -2.19. The van der Waals surface area contributed by atoms with Crippen molar-refractivity contribution < 1.29 is 14.3 Å². The van der Waals surface area contributed by atoms with Crippen molar-refractivity contribution in [1.29, 1.82) is 0 Å². The standard InChI is InChI=1S/C17H23ClN2O3/c1-5-11(3)19-15(21)17(6-7-17)16(22)20-13-8-10(2)12(18)9-14(13)23-4/h8-9,11H,5-7H2,1-4H3,(H,19,21)(H,20,22). The van der Waals surface area contributed by atoms with Gasteiger partial charge in [0.1, 0.15) is 11.2 Å². The van der Waals surface area contributed by atoms with Crippen LogP contribution in [0.15, 0.2) is 12.1 Å². The number of anilines is 1. The summed E-state index contributed by atoms with van der Waals surface area (Å²) in [5.41, 5.74) is 0.404. The van der Waals surface area contributed by atoms with Gasteiger partial charge in [0.2, 0.25) is 11.8 Å². The summed E-state index contributed by atoms with van der Waals surface area (Å²) in [7, 11) is 1.51. The predicted octanol–water partition coefficient (Wildman–Crippen LogP) is 3.29. The third-order valence-corrected chi connectivity index (χ3v) is 4.75. The molecule has 0 aliphatic heterocycles. The maximum absolute atomic E-state index is 12.6. The molecule has 2 amide bonds. The molecule has 23 heavy (non-hydrogen) atoms. The first-order valence-corrected chi connectivity index (χ1v) is 8.18. The van der Waals surface area contributed by atoms with Gasteiger partial charge in [0, 0.05) is 17.1 Å². The fourth-order valence-electron chi connectivity index (χ4n) is 2.32. The van der Waals surface area contributed by atoms with E-state index in [2.05, 4.69) is 10.6 Å². The smallest absolute Gasteiger partial charge is 0.240 e. The Labute approximate surface area is 141 Å². The largest absolute Gasteiger partial charge is 0.495 e. The number of carbonyl (C=O) groups excluding carboxylic acids is 2. The summed E-state index contributed by atoms with van der Waals surface area (Å²) < 4.78 is 5.26. The second-order valence-electron chi connectivity index (χ2n) is 6.12. The molecule has 126 valence electrons. The van der Waals surface area contributed by atoms with Crippen LogP contribution in [0.2, 0.25) is 5.02 Å². The molecule has 5 nitrogen and oxygen atoms in total. The molecule has 1 aromatic carbocycles. The number of hydrogen-bond donors (Lipinski definition) is 2. The number of hydrogen-bond acceptors (Lipinski definition) is 3. The molecule has 2 rings (SSSR count). The lowest BCUT2D eigenvalue weighted by Crippen LogP contribution is -2.43. The van der Waals surface area contributed by atoms with E-state index in [-0.39, 0.29) is 17.9 Å². The number of benzene rings is 1. The van der Waals surface area contributed by atoms with E-state index in [1.165, 1.54) is 7.11 Å². The topological polar surface area (TPSA) is 67.4 Å². The molecule has 0 spiro atoms. The summed E-state index contributed by atoms with van der Waals surface area (Å²) in [6.45, 7) is 5.77. The van der Waals surface area contributed by atoms with Gasteiger partial charge in [-0.15, -0.1) is 0 Å². The van der Waals surface area contributed by atoms with Crippen LogP contribution in [0.4, 0.5) is 5.69 Å². The van der Waals surface area contributed by atoms with E-state index in [0.717, 1.165) is 12.0 Å². The minimum atomic E-state index is -0.956. The first-order chi connectivity index (χ1) is 10.8. The van der Waals surface area contributed by atoms with Crippen LogP contribution in [-0.2, 0) is 9.59 Å². The minimum Gasteiger partial charge on any atom is -0.495 e. The Morgan fingerprint density at radius 1 is 1.35 bits per heavy atom. The quantitative estimate of drug-likeness (QED) is 0.782. The van der Waals surface area contributed by atoms with Crippen molar-refractivity contribution in [3.05, 3.63) is 22.7 Å². The fraction of sp³-hybridized carbons (Fsp3) is 0.529. The summed E-state index contributed by atoms with van der Waals surface area (Å²) in [4.78, 5) is 25.0. The molecule has 0 bridgehead atoms. The number of nitrogens with one attached hydrogen (secondary N) is 2. The normalized spacial score (nSPS) is 16.4. The minimum absolute atomic E-state index is 0.0556. The SMILES string of the molecule is CCC(C)NC(=O)C1(C(=O)Nc2cc(C)c(Cl)cc2OC)CC1. The third kappa shape index (κ3) is 3.61. The van der Waals surface area contributed by atoms with Crippen LogP contribution in [-0.4, -0.2) is 25.0 Å². The zero-order chi connectivity index (χ0) is 17.2. The lowest BCUT2D eigenvalue weighted by atomic mass is 10.0. The predicted molar refractivity (Wildman–Crippen MR) is 90.9 cm³/mol. The van der Waals surface area contributed by atoms with Crippen LogP contribution in [0.25, 0.3) is 0 Å². The molecular formula is C17H23ClN2O3. The molecule has 1 fully saturated rings. The molecule has 2 N–H and O–H groups in total. The molecule has 0 heterocycles. The van der Waals surface area contributed by atoms with Gasteiger partial charge in [-0.1, -0.05) is 18.5 Å². The summed E-state index contributed by atoms with van der Waals surface area (Å²) in [5.74, 6) is -0.0144. The van der Waals surface area contributed by atoms with Crippen LogP contribution >= 0.6 is 11.6 Å². The number of rotatable bonds is 6. The van der Waals surface area contributed by atoms with Crippen molar-refractivity contribution in [3.63, 3.8) is 0 Å². The van der Waals surface area contributed by atoms with Crippen molar-refractivity contribution >= 4 is 29.1 Å². The van der Waals surface area contributed by atoms with E-state index in [0.29, 0.717) is 29.3 Å². The van der Waals surface area contributed by atoms with E-state index in [1.54, 1.807) is 12.1 Å². The Kier molecular flexibility index (Phi) is 5.19. The van der Waals surface area contributed by atoms with Crippen LogP contribution in [0.5, 0.6) is 5.75 Å². The zero-order valence-electron chi connectivity index (χ0n) is 14.0. The van der Waals surface area contributed by atoms with Gasteiger partial charge in [0.15, 0.2) is 0 Å². The molecular weight excluding hydrogens is 316 g/mol. The number of halogens is 1. The Morgan fingerprint density at radius 3 is 2.52 bits per heavy atom. The number of amides is 2. The Balaban J connectivity index is 2.16. The summed E-state index contributed by atoms with van der Waals surface area (Å²) in [6, 6.07) is 3.47. The Morgan fingerprint density at radius 2 is 2.00 bits per heavy atom. The van der Waals surface area contributed by atoms with Crippen molar-refractivity contribution in [1.82, 2.24) is 5.32 Å².